The highest BCUT2D eigenvalue weighted by molar-refractivity contribution is 5.97. The van der Waals surface area contributed by atoms with E-state index in [4.69, 9.17) is 4.74 Å². The van der Waals surface area contributed by atoms with Gasteiger partial charge in [-0.1, -0.05) is 33.8 Å². The van der Waals surface area contributed by atoms with E-state index in [2.05, 4.69) is 43.6 Å². The van der Waals surface area contributed by atoms with Gasteiger partial charge in [0.25, 0.3) is 0 Å². The minimum Gasteiger partial charge on any atom is -0.504 e. The van der Waals surface area contributed by atoms with Gasteiger partial charge < -0.3 is 25.6 Å². The Morgan fingerprint density at radius 2 is 1.81 bits per heavy atom. The van der Waals surface area contributed by atoms with Crippen LogP contribution >= 0.6 is 0 Å². The van der Waals surface area contributed by atoms with Crippen LogP contribution in [0.5, 0.6) is 11.5 Å². The van der Waals surface area contributed by atoms with Gasteiger partial charge in [0.1, 0.15) is 17.9 Å². The van der Waals surface area contributed by atoms with Gasteiger partial charge in [0.05, 0.1) is 6.10 Å². The molecule has 0 aromatic heterocycles. The van der Waals surface area contributed by atoms with E-state index < -0.39 is 0 Å². The average Bonchev–Trinajstić information content (AvgIpc) is 3.47. The zero-order valence-electron chi connectivity index (χ0n) is 28.6. The topological polar surface area (TPSA) is 137 Å². The molecule has 47 heavy (non-hydrogen) atoms. The van der Waals surface area contributed by atoms with Gasteiger partial charge in [0.2, 0.25) is 11.8 Å². The first-order chi connectivity index (χ1) is 22.3. The number of ether oxygens (including phenoxy) is 1. The van der Waals surface area contributed by atoms with E-state index in [1.54, 1.807) is 6.07 Å². The summed E-state index contributed by atoms with van der Waals surface area (Å²) in [5.41, 5.74) is 0.306. The van der Waals surface area contributed by atoms with Crippen LogP contribution in [0.15, 0.2) is 18.2 Å². The summed E-state index contributed by atoms with van der Waals surface area (Å²) >= 11 is 0. The van der Waals surface area contributed by atoms with E-state index in [1.165, 1.54) is 18.6 Å². The molecule has 0 unspecified atom stereocenters. The Morgan fingerprint density at radius 3 is 2.55 bits per heavy atom. The van der Waals surface area contributed by atoms with Crippen molar-refractivity contribution in [3.8, 4) is 11.5 Å². The molecule has 0 radical (unpaired) electrons. The molecule has 0 bridgehead atoms. The van der Waals surface area contributed by atoms with Crippen LogP contribution in [0.1, 0.15) is 97.5 Å². The summed E-state index contributed by atoms with van der Waals surface area (Å²) in [5, 5.41) is 28.9. The van der Waals surface area contributed by atoms with E-state index in [9.17, 15) is 24.6 Å². The number of nitrogens with one attached hydrogen (secondary N) is 3. The maximum absolute atomic E-state index is 14.4. The summed E-state index contributed by atoms with van der Waals surface area (Å²) in [5.74, 6) is 2.61. The zero-order valence-corrected chi connectivity index (χ0v) is 28.6. The first kappa shape index (κ1) is 32.9. The maximum atomic E-state index is 14.4. The third-order valence-corrected chi connectivity index (χ3v) is 14.5. The van der Waals surface area contributed by atoms with Gasteiger partial charge in [0, 0.05) is 42.8 Å². The van der Waals surface area contributed by atoms with E-state index >= 15 is 0 Å². The fraction of sp³-hybridized carbons (Fsp3) is 0.763. The number of benzene rings is 1. The second-order valence-corrected chi connectivity index (χ2v) is 16.8. The van der Waals surface area contributed by atoms with Crippen LogP contribution in [0.3, 0.4) is 0 Å². The lowest BCUT2D eigenvalue weighted by molar-refractivity contribution is -0.160. The number of aromatic hydroxyl groups is 2. The first-order valence-corrected chi connectivity index (χ1v) is 18.4. The van der Waals surface area contributed by atoms with Crippen molar-refractivity contribution in [1.82, 2.24) is 16.0 Å². The van der Waals surface area contributed by atoms with Gasteiger partial charge in [-0.2, -0.15) is 0 Å². The molecule has 5 N–H and O–H groups in total. The molecule has 258 valence electrons. The van der Waals surface area contributed by atoms with Gasteiger partial charge in [-0.25, -0.2) is 0 Å². The number of ketones is 1. The molecule has 1 aromatic rings. The molecule has 6 fully saturated rings. The van der Waals surface area contributed by atoms with Gasteiger partial charge in [-0.05, 0) is 110 Å². The number of hydrogen-bond donors (Lipinski definition) is 5. The average molecular weight is 650 g/mol. The first-order valence-electron chi connectivity index (χ1n) is 18.4. The van der Waals surface area contributed by atoms with Gasteiger partial charge in [-0.15, -0.1) is 0 Å². The molecule has 2 saturated heterocycles. The second-order valence-electron chi connectivity index (χ2n) is 16.8. The normalized spacial score (nSPS) is 43.8. The number of hydrogen-bond acceptors (Lipinski definition) is 7. The number of phenols is 2. The Bertz CT molecular complexity index is 1410. The van der Waals surface area contributed by atoms with Crippen molar-refractivity contribution in [2.24, 2.45) is 52.3 Å². The van der Waals surface area contributed by atoms with Gasteiger partial charge >= 0.3 is 0 Å². The lowest BCUT2D eigenvalue weighted by Gasteiger charge is -2.60. The number of rotatable bonds is 6. The highest BCUT2D eigenvalue weighted by atomic mass is 16.5. The van der Waals surface area contributed by atoms with Crippen molar-refractivity contribution in [3.05, 3.63) is 23.8 Å². The standard InChI is InChI=1S/C38H55N3O6/c1-21-9-13-38(40-20-21)22(2)35-31(47-38)17-28-26-7-6-24-16-25(10-12-36(24,3)27(26)18-32(44)37(28,35)4)41-34(46)19-33(45)39-14-11-23-5-8-29(42)30(43)15-23/h5,8,15,21-22,24-28,31,35,40,42-43H,6-7,9-14,16-20H2,1-4H3,(H,39,45)(H,41,46)/t21-,22-,24+,25+,26+,27-,28-,31-,35-,36-,37+,38+/m0/s1. The molecule has 4 saturated carbocycles. The largest absolute Gasteiger partial charge is 0.504 e. The molecule has 7 rings (SSSR count). The molecule has 2 heterocycles. The predicted octanol–water partition coefficient (Wildman–Crippen LogP) is 4.83. The Morgan fingerprint density at radius 1 is 1.00 bits per heavy atom. The van der Waals surface area contributed by atoms with Gasteiger partial charge in [0.15, 0.2) is 11.5 Å². The van der Waals surface area contributed by atoms with Crippen LogP contribution in [0.2, 0.25) is 0 Å². The summed E-state index contributed by atoms with van der Waals surface area (Å²) in [6, 6.07) is 4.63. The minimum atomic E-state index is -0.324. The van der Waals surface area contributed by atoms with Crippen LogP contribution < -0.4 is 16.0 Å². The number of carbonyl (C=O) groups excluding carboxylic acids is 3. The quantitative estimate of drug-likeness (QED) is 0.220. The Balaban J connectivity index is 0.936. The van der Waals surface area contributed by atoms with E-state index in [0.29, 0.717) is 60.7 Å². The lowest BCUT2D eigenvalue weighted by atomic mass is 9.44. The smallest absolute Gasteiger partial charge is 0.229 e. The minimum absolute atomic E-state index is 0.0523. The fourth-order valence-corrected chi connectivity index (χ4v) is 11.8. The number of amides is 2. The van der Waals surface area contributed by atoms with Crippen molar-refractivity contribution in [2.45, 2.75) is 116 Å². The summed E-state index contributed by atoms with van der Waals surface area (Å²) in [7, 11) is 0. The second kappa shape index (κ2) is 12.0. The van der Waals surface area contributed by atoms with Gasteiger partial charge in [-0.3, -0.25) is 19.7 Å². The van der Waals surface area contributed by atoms with Crippen LogP contribution in [0, 0.1) is 52.3 Å². The molecule has 12 atom stereocenters. The summed E-state index contributed by atoms with van der Waals surface area (Å²) in [4.78, 5) is 39.7. The molecular formula is C38H55N3O6. The third kappa shape index (κ3) is 5.48. The molecule has 2 amide bonds. The van der Waals surface area contributed by atoms with Crippen LogP contribution in [-0.2, 0) is 25.5 Å². The van der Waals surface area contributed by atoms with Crippen molar-refractivity contribution in [3.63, 3.8) is 0 Å². The molecule has 1 aromatic carbocycles. The van der Waals surface area contributed by atoms with Crippen LogP contribution in [0.4, 0.5) is 0 Å². The van der Waals surface area contributed by atoms with Crippen molar-refractivity contribution < 1.29 is 29.3 Å². The number of carbonyl (C=O) groups is 3. The Hall–Kier alpha value is -2.65. The van der Waals surface area contributed by atoms with Crippen LogP contribution in [0.25, 0.3) is 0 Å². The predicted molar refractivity (Wildman–Crippen MR) is 177 cm³/mol. The number of Topliss-reactive ketones (excluding diaryl/α,β-unsaturated/α-hetero) is 1. The SMILES string of the molecule is C[C@H]1CC[C@@]2(NC1)O[C@H]1C[C@H]3[C@@H]4CC[C@@H]5C[C@H](NC(=O)CC(=O)NCCc6ccc(O)c(O)c6)CC[C@]5(C)[C@H]4CC(=O)[C@]3(C)[C@H]1[C@@H]2C. The molecule has 9 heteroatoms. The molecule has 2 aliphatic heterocycles. The zero-order chi connectivity index (χ0) is 33.3. The highest BCUT2D eigenvalue weighted by Crippen LogP contribution is 2.70. The fourth-order valence-electron chi connectivity index (χ4n) is 11.8. The molecule has 4 aliphatic carbocycles. The van der Waals surface area contributed by atoms with E-state index in [1.807, 2.05) is 0 Å². The third-order valence-electron chi connectivity index (χ3n) is 14.5. The monoisotopic (exact) mass is 649 g/mol. The van der Waals surface area contributed by atoms with Crippen molar-refractivity contribution in [2.75, 3.05) is 13.1 Å². The molecule has 6 aliphatic rings. The number of fused-ring (bicyclic) bond motifs is 7. The molecule has 9 nitrogen and oxygen atoms in total. The number of piperidine rings is 1. The summed E-state index contributed by atoms with van der Waals surface area (Å²) in [6.07, 6.45) is 9.41. The van der Waals surface area contributed by atoms with Crippen molar-refractivity contribution in [1.29, 1.82) is 0 Å². The lowest BCUT2D eigenvalue weighted by Crippen LogP contribution is -2.60. The molecule has 1 spiro atoms. The van der Waals surface area contributed by atoms with Crippen LogP contribution in [-0.4, -0.2) is 58.8 Å². The van der Waals surface area contributed by atoms with E-state index in [-0.39, 0.29) is 64.4 Å². The highest BCUT2D eigenvalue weighted by Gasteiger charge is 2.71. The molecular weight excluding hydrogens is 594 g/mol. The van der Waals surface area contributed by atoms with Crippen molar-refractivity contribution >= 4 is 17.6 Å². The summed E-state index contributed by atoms with van der Waals surface area (Å²) in [6.45, 7) is 10.7. The Kier molecular flexibility index (Phi) is 8.42. The summed E-state index contributed by atoms with van der Waals surface area (Å²) < 4.78 is 6.97. The Labute approximate surface area is 279 Å². The number of phenolic OH excluding ortho intramolecular Hbond substituents is 2. The van der Waals surface area contributed by atoms with E-state index in [0.717, 1.165) is 57.1 Å². The maximum Gasteiger partial charge on any atom is 0.229 e.